The Morgan fingerprint density at radius 1 is 1.35 bits per heavy atom. The first-order valence-electron chi connectivity index (χ1n) is 7.15. The molecule has 1 aromatic carbocycles. The number of ketones is 1. The van der Waals surface area contributed by atoms with Crippen molar-refractivity contribution in [1.82, 2.24) is 4.90 Å². The molecule has 0 spiro atoms. The number of carbonyl (C=O) groups excluding carboxylic acids is 1. The van der Waals surface area contributed by atoms with Gasteiger partial charge in [-0.15, -0.1) is 0 Å². The highest BCUT2D eigenvalue weighted by molar-refractivity contribution is 6.30. The molecule has 0 aliphatic carbocycles. The summed E-state index contributed by atoms with van der Waals surface area (Å²) in [6.45, 7) is 4.61. The molecule has 0 radical (unpaired) electrons. The third kappa shape index (κ3) is 4.05. The van der Waals surface area contributed by atoms with E-state index in [1.807, 2.05) is 14.0 Å². The molecule has 110 valence electrons. The van der Waals surface area contributed by atoms with Crippen molar-refractivity contribution in [2.45, 2.75) is 25.8 Å². The van der Waals surface area contributed by atoms with Crippen molar-refractivity contribution in [3.8, 4) is 0 Å². The van der Waals surface area contributed by atoms with Gasteiger partial charge in [-0.3, -0.25) is 9.69 Å². The van der Waals surface area contributed by atoms with Crippen molar-refractivity contribution in [2.75, 3.05) is 26.8 Å². The van der Waals surface area contributed by atoms with Gasteiger partial charge in [-0.25, -0.2) is 0 Å². The Kier molecular flexibility index (Phi) is 5.58. The first-order chi connectivity index (χ1) is 9.58. The minimum absolute atomic E-state index is 0.112. The summed E-state index contributed by atoms with van der Waals surface area (Å²) in [6, 6.07) is 7.01. The number of benzene rings is 1. The van der Waals surface area contributed by atoms with Crippen LogP contribution in [0.25, 0.3) is 0 Å². The van der Waals surface area contributed by atoms with Gasteiger partial charge < -0.3 is 4.74 Å². The molecule has 0 N–H and O–H groups in total. The number of ether oxygens (including phenoxy) is 1. The van der Waals surface area contributed by atoms with Crippen LogP contribution in [0, 0.1) is 5.92 Å². The van der Waals surface area contributed by atoms with Crippen molar-refractivity contribution in [2.24, 2.45) is 5.92 Å². The van der Waals surface area contributed by atoms with Gasteiger partial charge >= 0.3 is 0 Å². The molecule has 2 rings (SSSR count). The van der Waals surface area contributed by atoms with Crippen LogP contribution in [0.15, 0.2) is 24.3 Å². The van der Waals surface area contributed by atoms with E-state index in [9.17, 15) is 4.79 Å². The lowest BCUT2D eigenvalue weighted by Gasteiger charge is -2.30. The second-order valence-electron chi connectivity index (χ2n) is 5.54. The largest absolute Gasteiger partial charge is 0.381 e. The maximum absolute atomic E-state index is 12.4. The smallest absolute Gasteiger partial charge is 0.179 e. The Bertz CT molecular complexity index is 440. The number of halogens is 1. The van der Waals surface area contributed by atoms with E-state index in [1.54, 1.807) is 24.3 Å². The van der Waals surface area contributed by atoms with Crippen LogP contribution in [0.5, 0.6) is 0 Å². The summed E-state index contributed by atoms with van der Waals surface area (Å²) in [5.41, 5.74) is 0.723. The molecule has 1 unspecified atom stereocenters. The van der Waals surface area contributed by atoms with Crippen molar-refractivity contribution in [3.05, 3.63) is 34.9 Å². The monoisotopic (exact) mass is 295 g/mol. The van der Waals surface area contributed by atoms with Gasteiger partial charge in [0.05, 0.1) is 6.04 Å². The Balaban J connectivity index is 1.93. The second-order valence-corrected chi connectivity index (χ2v) is 5.98. The van der Waals surface area contributed by atoms with Gasteiger partial charge in [0.15, 0.2) is 5.78 Å². The van der Waals surface area contributed by atoms with Gasteiger partial charge in [-0.1, -0.05) is 11.6 Å². The van der Waals surface area contributed by atoms with Crippen molar-refractivity contribution < 1.29 is 9.53 Å². The Labute approximate surface area is 125 Å². The number of likely N-dealkylation sites (N-methyl/N-ethyl adjacent to an activating group) is 1. The summed E-state index contributed by atoms with van der Waals surface area (Å²) in [7, 11) is 2.02. The number of hydrogen-bond donors (Lipinski definition) is 0. The summed E-state index contributed by atoms with van der Waals surface area (Å²) >= 11 is 5.85. The maximum atomic E-state index is 12.4. The molecule has 1 aliphatic heterocycles. The van der Waals surface area contributed by atoms with E-state index >= 15 is 0 Å². The molecule has 0 amide bonds. The summed E-state index contributed by atoms with van der Waals surface area (Å²) in [5.74, 6) is 0.783. The average Bonchev–Trinajstić information content (AvgIpc) is 2.47. The highest BCUT2D eigenvalue weighted by Gasteiger charge is 2.23. The summed E-state index contributed by atoms with van der Waals surface area (Å²) in [5, 5.41) is 0.657. The van der Waals surface area contributed by atoms with Crippen LogP contribution >= 0.6 is 11.6 Å². The van der Waals surface area contributed by atoms with Crippen LogP contribution < -0.4 is 0 Å². The minimum Gasteiger partial charge on any atom is -0.381 e. The van der Waals surface area contributed by atoms with Gasteiger partial charge in [0.25, 0.3) is 0 Å². The summed E-state index contributed by atoms with van der Waals surface area (Å²) < 4.78 is 5.37. The predicted molar refractivity (Wildman–Crippen MR) is 81.4 cm³/mol. The lowest BCUT2D eigenvalue weighted by atomic mass is 9.98. The Hall–Kier alpha value is -0.900. The quantitative estimate of drug-likeness (QED) is 0.781. The maximum Gasteiger partial charge on any atom is 0.179 e. The fourth-order valence-electron chi connectivity index (χ4n) is 2.55. The van der Waals surface area contributed by atoms with E-state index < -0.39 is 0 Å². The summed E-state index contributed by atoms with van der Waals surface area (Å²) in [6.07, 6.45) is 2.18. The number of rotatable bonds is 5. The van der Waals surface area contributed by atoms with Gasteiger partial charge in [-0.05, 0) is 57.0 Å². The zero-order chi connectivity index (χ0) is 14.5. The predicted octanol–water partition coefficient (Wildman–Crippen LogP) is 3.27. The Morgan fingerprint density at radius 2 is 1.95 bits per heavy atom. The average molecular weight is 296 g/mol. The topological polar surface area (TPSA) is 29.5 Å². The third-order valence-electron chi connectivity index (χ3n) is 4.06. The van der Waals surface area contributed by atoms with E-state index in [0.717, 1.165) is 38.2 Å². The standard InChI is InChI=1S/C16H22ClNO2/c1-12(16(19)14-3-5-15(17)6-4-14)18(2)11-13-7-9-20-10-8-13/h3-6,12-13H,7-11H2,1-2H3. The molecule has 1 atom stereocenters. The lowest BCUT2D eigenvalue weighted by molar-refractivity contribution is 0.0497. The molecule has 0 bridgehead atoms. The summed E-state index contributed by atoms with van der Waals surface area (Å²) in [4.78, 5) is 14.6. The van der Waals surface area contributed by atoms with Crippen molar-refractivity contribution in [1.29, 1.82) is 0 Å². The van der Waals surface area contributed by atoms with E-state index in [4.69, 9.17) is 16.3 Å². The molecule has 0 saturated carbocycles. The van der Waals surface area contributed by atoms with Gasteiger partial charge in [0.1, 0.15) is 0 Å². The number of carbonyl (C=O) groups is 1. The molecule has 3 nitrogen and oxygen atoms in total. The molecule has 1 aliphatic rings. The highest BCUT2D eigenvalue weighted by Crippen LogP contribution is 2.18. The van der Waals surface area contributed by atoms with Crippen LogP contribution in [0.1, 0.15) is 30.1 Å². The molecular formula is C16H22ClNO2. The fraction of sp³-hybridized carbons (Fsp3) is 0.562. The molecule has 20 heavy (non-hydrogen) atoms. The number of Topliss-reactive ketones (excluding diaryl/α,β-unsaturated/α-hetero) is 1. The third-order valence-corrected chi connectivity index (χ3v) is 4.31. The minimum atomic E-state index is -0.112. The van der Waals surface area contributed by atoms with Crippen LogP contribution in [0.3, 0.4) is 0 Å². The number of nitrogens with zero attached hydrogens (tertiary/aromatic N) is 1. The van der Waals surface area contributed by atoms with Crippen LogP contribution in [0.2, 0.25) is 5.02 Å². The zero-order valence-electron chi connectivity index (χ0n) is 12.1. The molecule has 1 saturated heterocycles. The SMILES string of the molecule is CC(C(=O)c1ccc(Cl)cc1)N(C)CC1CCOCC1. The zero-order valence-corrected chi connectivity index (χ0v) is 12.9. The molecule has 1 heterocycles. The van der Waals surface area contributed by atoms with E-state index in [0.29, 0.717) is 10.9 Å². The van der Waals surface area contributed by atoms with Crippen molar-refractivity contribution >= 4 is 17.4 Å². The van der Waals surface area contributed by atoms with Crippen molar-refractivity contribution in [3.63, 3.8) is 0 Å². The van der Waals surface area contributed by atoms with Gasteiger partial charge in [0.2, 0.25) is 0 Å². The fourth-order valence-corrected chi connectivity index (χ4v) is 2.68. The first-order valence-corrected chi connectivity index (χ1v) is 7.53. The van der Waals surface area contributed by atoms with E-state index in [2.05, 4.69) is 4.90 Å². The van der Waals surface area contributed by atoms with Gasteiger partial charge in [0, 0.05) is 30.3 Å². The molecule has 1 fully saturated rings. The second kappa shape index (κ2) is 7.21. The van der Waals surface area contributed by atoms with E-state index in [-0.39, 0.29) is 11.8 Å². The first kappa shape index (κ1) is 15.5. The van der Waals surface area contributed by atoms with Crippen LogP contribution in [-0.4, -0.2) is 43.5 Å². The lowest BCUT2D eigenvalue weighted by Crippen LogP contribution is -2.40. The highest BCUT2D eigenvalue weighted by atomic mass is 35.5. The van der Waals surface area contributed by atoms with Crippen LogP contribution in [-0.2, 0) is 4.74 Å². The van der Waals surface area contributed by atoms with Gasteiger partial charge in [-0.2, -0.15) is 0 Å². The molecule has 1 aromatic rings. The molecule has 0 aromatic heterocycles. The normalized spacial score (nSPS) is 18.2. The Morgan fingerprint density at radius 3 is 2.55 bits per heavy atom. The molecule has 4 heteroatoms. The van der Waals surface area contributed by atoms with E-state index in [1.165, 1.54) is 0 Å². The van der Waals surface area contributed by atoms with Crippen LogP contribution in [0.4, 0.5) is 0 Å². The molecular weight excluding hydrogens is 274 g/mol. The number of hydrogen-bond acceptors (Lipinski definition) is 3.